The van der Waals surface area contributed by atoms with Crippen LogP contribution in [0.5, 0.6) is 0 Å². The second kappa shape index (κ2) is 10.9. The van der Waals surface area contributed by atoms with E-state index in [0.29, 0.717) is 23.1 Å². The van der Waals surface area contributed by atoms with Crippen molar-refractivity contribution in [1.82, 2.24) is 20.5 Å². The molecule has 1 heterocycles. The number of amides is 2. The first kappa shape index (κ1) is 27.6. The molecule has 1 aliphatic carbocycles. The lowest BCUT2D eigenvalue weighted by Crippen LogP contribution is -2.43. The van der Waals surface area contributed by atoms with E-state index in [1.54, 1.807) is 25.1 Å². The predicted octanol–water partition coefficient (Wildman–Crippen LogP) is 3.99. The minimum absolute atomic E-state index is 0.0133. The summed E-state index contributed by atoms with van der Waals surface area (Å²) in [7, 11) is 5.04. The van der Waals surface area contributed by atoms with Crippen LogP contribution in [0.3, 0.4) is 0 Å². The lowest BCUT2D eigenvalue weighted by atomic mass is 9.80. The Labute approximate surface area is 208 Å². The Balaban J connectivity index is 1.71. The summed E-state index contributed by atoms with van der Waals surface area (Å²) in [6.07, 6.45) is -1.49. The van der Waals surface area contributed by atoms with Crippen LogP contribution >= 0.6 is 0 Å². The van der Waals surface area contributed by atoms with E-state index >= 15 is 0 Å². The molecule has 0 bridgehead atoms. The molecule has 1 fully saturated rings. The van der Waals surface area contributed by atoms with Crippen LogP contribution in [0, 0.1) is 18.2 Å². The van der Waals surface area contributed by atoms with Crippen LogP contribution < -0.4 is 10.6 Å². The van der Waals surface area contributed by atoms with Gasteiger partial charge in [-0.3, -0.25) is 14.6 Å². The van der Waals surface area contributed by atoms with Crippen LogP contribution in [0.15, 0.2) is 36.7 Å². The molecular formula is C26H32F4N4O2. The lowest BCUT2D eigenvalue weighted by Gasteiger charge is -2.30. The zero-order valence-corrected chi connectivity index (χ0v) is 20.9. The highest BCUT2D eigenvalue weighted by molar-refractivity contribution is 5.94. The zero-order chi connectivity index (χ0) is 26.7. The molecule has 2 N–H and O–H groups in total. The first-order chi connectivity index (χ1) is 16.9. The average molecular weight is 509 g/mol. The highest BCUT2D eigenvalue weighted by atomic mass is 19.4. The summed E-state index contributed by atoms with van der Waals surface area (Å²) in [5, 5.41) is 5.19. The van der Waals surface area contributed by atoms with Gasteiger partial charge in [0.2, 0.25) is 5.91 Å². The lowest BCUT2D eigenvalue weighted by molar-refractivity contribution is -0.194. The van der Waals surface area contributed by atoms with Crippen LogP contribution in [-0.4, -0.2) is 61.6 Å². The smallest absolute Gasteiger partial charge is 0.355 e. The van der Waals surface area contributed by atoms with Gasteiger partial charge in [0.25, 0.3) is 5.91 Å². The number of carbonyl (C=O) groups is 2. The molecule has 10 heteroatoms. The summed E-state index contributed by atoms with van der Waals surface area (Å²) < 4.78 is 56.4. The molecule has 6 nitrogen and oxygen atoms in total. The summed E-state index contributed by atoms with van der Waals surface area (Å²) in [5.74, 6) is -2.62. The molecule has 196 valence electrons. The number of carbonyl (C=O) groups excluding carboxylic acids is 2. The van der Waals surface area contributed by atoms with E-state index in [1.165, 1.54) is 25.5 Å². The third kappa shape index (κ3) is 5.86. The predicted molar refractivity (Wildman–Crippen MR) is 128 cm³/mol. The molecule has 1 aliphatic rings. The van der Waals surface area contributed by atoms with Crippen LogP contribution in [0.1, 0.15) is 52.2 Å². The molecule has 1 saturated carbocycles. The second-order valence-corrected chi connectivity index (χ2v) is 9.61. The van der Waals surface area contributed by atoms with Gasteiger partial charge in [-0.1, -0.05) is 12.1 Å². The van der Waals surface area contributed by atoms with Crippen LogP contribution in [0.2, 0.25) is 0 Å². The first-order valence-corrected chi connectivity index (χ1v) is 11.8. The summed E-state index contributed by atoms with van der Waals surface area (Å²) >= 11 is 0. The number of nitrogens with zero attached hydrogens (tertiary/aromatic N) is 2. The van der Waals surface area contributed by atoms with E-state index in [2.05, 4.69) is 15.6 Å². The number of hydrogen-bond donors (Lipinski definition) is 2. The van der Waals surface area contributed by atoms with Crippen LogP contribution in [-0.2, 0) is 11.2 Å². The second-order valence-electron chi connectivity index (χ2n) is 9.61. The van der Waals surface area contributed by atoms with E-state index in [-0.39, 0.29) is 37.4 Å². The van der Waals surface area contributed by atoms with Gasteiger partial charge in [-0.25, -0.2) is 4.39 Å². The van der Waals surface area contributed by atoms with Crippen molar-refractivity contribution in [2.75, 3.05) is 27.7 Å². The Bertz CT molecular complexity index is 1090. The zero-order valence-electron chi connectivity index (χ0n) is 20.9. The maximum absolute atomic E-state index is 14.7. The van der Waals surface area contributed by atoms with Gasteiger partial charge in [-0.15, -0.1) is 0 Å². The van der Waals surface area contributed by atoms with Crippen molar-refractivity contribution in [2.45, 2.75) is 50.7 Å². The molecule has 0 aliphatic heterocycles. The van der Waals surface area contributed by atoms with Gasteiger partial charge in [-0.05, 0) is 69.1 Å². The number of hydrogen-bond acceptors (Lipinski definition) is 4. The van der Waals surface area contributed by atoms with E-state index in [4.69, 9.17) is 0 Å². The number of alkyl halides is 3. The number of nitrogens with one attached hydrogen (secondary N) is 2. The highest BCUT2D eigenvalue weighted by Gasteiger charge is 2.67. The van der Waals surface area contributed by atoms with Gasteiger partial charge < -0.3 is 15.5 Å². The van der Waals surface area contributed by atoms with Gasteiger partial charge in [0.05, 0.1) is 11.0 Å². The van der Waals surface area contributed by atoms with Gasteiger partial charge >= 0.3 is 6.18 Å². The fourth-order valence-corrected chi connectivity index (χ4v) is 4.62. The molecule has 0 spiro atoms. The highest BCUT2D eigenvalue weighted by Crippen LogP contribution is 2.66. The summed E-state index contributed by atoms with van der Waals surface area (Å²) in [6.45, 7) is 1.76. The number of likely N-dealkylation sites (N-methyl/N-ethyl adjacent to an activating group) is 1. The van der Waals surface area contributed by atoms with Crippen molar-refractivity contribution < 1.29 is 27.2 Å². The Morgan fingerprint density at radius 1 is 1.19 bits per heavy atom. The summed E-state index contributed by atoms with van der Waals surface area (Å²) in [4.78, 5) is 30.5. The SMILES string of the molecule is CNC(=O)c1ccc(C[C@@H](CNC(=O)C[C@H](c2cccnc2)C2(C(F)(F)F)CC2)N(C)C)c(C)c1F. The van der Waals surface area contributed by atoms with Gasteiger partial charge in [0.15, 0.2) is 0 Å². The van der Waals surface area contributed by atoms with Crippen molar-refractivity contribution >= 4 is 11.8 Å². The maximum Gasteiger partial charge on any atom is 0.395 e. The topological polar surface area (TPSA) is 74.3 Å². The summed E-state index contributed by atoms with van der Waals surface area (Å²) in [6, 6.07) is 6.02. The van der Waals surface area contributed by atoms with E-state index < -0.39 is 35.1 Å². The molecule has 2 amide bonds. The summed E-state index contributed by atoms with van der Waals surface area (Å²) in [5.41, 5.74) is -0.542. The molecular weight excluding hydrogens is 476 g/mol. The minimum Gasteiger partial charge on any atom is -0.355 e. The third-order valence-corrected chi connectivity index (χ3v) is 7.19. The Morgan fingerprint density at radius 3 is 2.42 bits per heavy atom. The third-order valence-electron chi connectivity index (χ3n) is 7.19. The molecule has 0 radical (unpaired) electrons. The van der Waals surface area contributed by atoms with Gasteiger partial charge in [0.1, 0.15) is 5.82 Å². The number of rotatable bonds is 10. The van der Waals surface area contributed by atoms with Crippen molar-refractivity contribution in [1.29, 1.82) is 0 Å². The number of aromatic nitrogens is 1. The monoisotopic (exact) mass is 508 g/mol. The van der Waals surface area contributed by atoms with Gasteiger partial charge in [0, 0.05) is 44.4 Å². The number of pyridine rings is 1. The van der Waals surface area contributed by atoms with Crippen molar-refractivity contribution in [3.05, 3.63) is 64.7 Å². The Morgan fingerprint density at radius 2 is 1.89 bits per heavy atom. The molecule has 1 aromatic carbocycles. The fraction of sp³-hybridized carbons (Fsp3) is 0.500. The quantitative estimate of drug-likeness (QED) is 0.476. The minimum atomic E-state index is -4.41. The van der Waals surface area contributed by atoms with Crippen molar-refractivity contribution in [3.63, 3.8) is 0 Å². The molecule has 3 rings (SSSR count). The molecule has 2 atom stereocenters. The standard InChI is InChI=1S/C26H32F4N4O2/c1-16-17(7-8-20(23(16)27)24(36)31-2)12-19(34(3)4)15-33-22(35)13-21(18-6-5-11-32-14-18)25(9-10-25)26(28,29)30/h5-8,11,14,19,21H,9-10,12-13,15H2,1-4H3,(H,31,36)(H,33,35)/t19-,21+/m0/s1. The fourth-order valence-electron chi connectivity index (χ4n) is 4.62. The van der Waals surface area contributed by atoms with E-state index in [9.17, 15) is 27.2 Å². The molecule has 36 heavy (non-hydrogen) atoms. The maximum atomic E-state index is 14.7. The van der Waals surface area contributed by atoms with E-state index in [1.807, 2.05) is 19.0 Å². The van der Waals surface area contributed by atoms with E-state index in [0.717, 1.165) is 0 Å². The Kier molecular flexibility index (Phi) is 8.38. The van der Waals surface area contributed by atoms with Crippen molar-refractivity contribution in [3.8, 4) is 0 Å². The van der Waals surface area contributed by atoms with Crippen LogP contribution in [0.25, 0.3) is 0 Å². The molecule has 2 aromatic rings. The first-order valence-electron chi connectivity index (χ1n) is 11.8. The van der Waals surface area contributed by atoms with Gasteiger partial charge in [-0.2, -0.15) is 13.2 Å². The normalized spacial score (nSPS) is 16.4. The number of benzene rings is 1. The van der Waals surface area contributed by atoms with Crippen molar-refractivity contribution in [2.24, 2.45) is 5.41 Å². The van der Waals surface area contributed by atoms with Crippen LogP contribution in [0.4, 0.5) is 17.6 Å². The average Bonchev–Trinajstić information content (AvgIpc) is 3.65. The largest absolute Gasteiger partial charge is 0.395 e. The molecule has 0 unspecified atom stereocenters. The molecule has 0 saturated heterocycles. The molecule has 1 aromatic heterocycles. The Hall–Kier alpha value is -3.01. The number of halogens is 4.